The SMILES string of the molecule is C=C(C)C(=O)OC(C)CCl. The van der Waals surface area contributed by atoms with Gasteiger partial charge in [0.05, 0.1) is 5.88 Å². The van der Waals surface area contributed by atoms with E-state index in [1.807, 2.05) is 0 Å². The van der Waals surface area contributed by atoms with Gasteiger partial charge in [-0.1, -0.05) is 6.58 Å². The fraction of sp³-hybridized carbons (Fsp3) is 0.571. The van der Waals surface area contributed by atoms with Crippen molar-refractivity contribution in [3.63, 3.8) is 0 Å². The summed E-state index contributed by atoms with van der Waals surface area (Å²) in [5.41, 5.74) is 0.400. The zero-order chi connectivity index (χ0) is 8.15. The van der Waals surface area contributed by atoms with Crippen molar-refractivity contribution < 1.29 is 9.53 Å². The van der Waals surface area contributed by atoms with Crippen molar-refractivity contribution in [3.8, 4) is 0 Å². The molecule has 0 N–H and O–H groups in total. The first-order valence-electron chi connectivity index (χ1n) is 3.00. The first-order valence-corrected chi connectivity index (χ1v) is 3.53. The highest BCUT2D eigenvalue weighted by Gasteiger charge is 2.07. The monoisotopic (exact) mass is 162 g/mol. The van der Waals surface area contributed by atoms with E-state index >= 15 is 0 Å². The van der Waals surface area contributed by atoms with Gasteiger partial charge in [0.15, 0.2) is 0 Å². The highest BCUT2D eigenvalue weighted by Crippen LogP contribution is 1.99. The highest BCUT2D eigenvalue weighted by molar-refractivity contribution is 6.18. The Morgan fingerprint density at radius 2 is 2.30 bits per heavy atom. The van der Waals surface area contributed by atoms with Gasteiger partial charge in [-0.3, -0.25) is 0 Å². The van der Waals surface area contributed by atoms with E-state index in [1.165, 1.54) is 0 Å². The van der Waals surface area contributed by atoms with E-state index in [0.717, 1.165) is 0 Å². The first-order chi connectivity index (χ1) is 4.57. The Morgan fingerprint density at radius 1 is 1.80 bits per heavy atom. The van der Waals surface area contributed by atoms with Crippen LogP contribution in [0.15, 0.2) is 12.2 Å². The van der Waals surface area contributed by atoms with E-state index in [-0.39, 0.29) is 12.1 Å². The molecule has 0 aromatic carbocycles. The van der Waals surface area contributed by atoms with Crippen LogP contribution in [0.4, 0.5) is 0 Å². The van der Waals surface area contributed by atoms with Gasteiger partial charge in [0, 0.05) is 5.57 Å². The average Bonchev–Trinajstić information content (AvgIpc) is 1.87. The van der Waals surface area contributed by atoms with Crippen molar-refractivity contribution in [2.75, 3.05) is 5.88 Å². The summed E-state index contributed by atoms with van der Waals surface area (Å²) in [6.07, 6.45) is -0.231. The molecule has 0 aliphatic rings. The average molecular weight is 163 g/mol. The summed E-state index contributed by atoms with van der Waals surface area (Å²) in [5, 5.41) is 0. The maximum absolute atomic E-state index is 10.7. The van der Waals surface area contributed by atoms with Crippen molar-refractivity contribution in [1.82, 2.24) is 0 Å². The molecule has 0 aromatic heterocycles. The third kappa shape index (κ3) is 3.51. The summed E-state index contributed by atoms with van der Waals surface area (Å²) in [7, 11) is 0. The fourth-order valence-corrected chi connectivity index (χ4v) is 0.378. The number of rotatable bonds is 3. The quantitative estimate of drug-likeness (QED) is 0.359. The molecule has 0 aliphatic carbocycles. The first kappa shape index (κ1) is 9.50. The second-order valence-corrected chi connectivity index (χ2v) is 2.46. The molecule has 0 bridgehead atoms. The number of carbonyl (C=O) groups is 1. The van der Waals surface area contributed by atoms with Gasteiger partial charge in [-0.15, -0.1) is 11.6 Å². The molecule has 58 valence electrons. The third-order valence-electron chi connectivity index (χ3n) is 0.874. The molecular formula is C7H11ClO2. The van der Waals surface area contributed by atoms with Crippen LogP contribution in [-0.4, -0.2) is 18.0 Å². The Hall–Kier alpha value is -0.500. The van der Waals surface area contributed by atoms with Gasteiger partial charge in [0.1, 0.15) is 6.10 Å². The predicted molar refractivity (Wildman–Crippen MR) is 41.1 cm³/mol. The standard InChI is InChI=1S/C7H11ClO2/c1-5(2)7(9)10-6(3)4-8/h6H,1,4H2,2-3H3. The summed E-state index contributed by atoms with van der Waals surface area (Å²) >= 11 is 5.39. The Kier molecular flexibility index (Phi) is 4.12. The third-order valence-corrected chi connectivity index (χ3v) is 1.31. The lowest BCUT2D eigenvalue weighted by molar-refractivity contribution is -0.142. The van der Waals surface area contributed by atoms with E-state index in [9.17, 15) is 4.79 Å². The Labute approximate surface area is 65.8 Å². The normalized spacial score (nSPS) is 12.3. The van der Waals surface area contributed by atoms with Crippen LogP contribution in [0.3, 0.4) is 0 Å². The van der Waals surface area contributed by atoms with E-state index in [4.69, 9.17) is 16.3 Å². The van der Waals surface area contributed by atoms with E-state index in [1.54, 1.807) is 13.8 Å². The second-order valence-electron chi connectivity index (χ2n) is 2.15. The Morgan fingerprint density at radius 3 is 2.60 bits per heavy atom. The molecule has 2 nitrogen and oxygen atoms in total. The molecule has 0 heterocycles. The zero-order valence-corrected chi connectivity index (χ0v) is 6.94. The van der Waals surface area contributed by atoms with Crippen molar-refractivity contribution in [3.05, 3.63) is 12.2 Å². The van der Waals surface area contributed by atoms with Crippen LogP contribution in [0.2, 0.25) is 0 Å². The molecule has 0 radical (unpaired) electrons. The topological polar surface area (TPSA) is 26.3 Å². The molecule has 0 fully saturated rings. The largest absolute Gasteiger partial charge is 0.458 e. The minimum Gasteiger partial charge on any atom is -0.458 e. The smallest absolute Gasteiger partial charge is 0.333 e. The molecule has 0 rings (SSSR count). The van der Waals surface area contributed by atoms with Crippen LogP contribution >= 0.6 is 11.6 Å². The number of halogens is 1. The molecule has 10 heavy (non-hydrogen) atoms. The zero-order valence-electron chi connectivity index (χ0n) is 6.19. The maximum Gasteiger partial charge on any atom is 0.333 e. The number of esters is 1. The van der Waals surface area contributed by atoms with Crippen molar-refractivity contribution in [2.24, 2.45) is 0 Å². The van der Waals surface area contributed by atoms with E-state index in [2.05, 4.69) is 6.58 Å². The van der Waals surface area contributed by atoms with Crippen LogP contribution in [-0.2, 0) is 9.53 Å². The van der Waals surface area contributed by atoms with Crippen LogP contribution in [0.5, 0.6) is 0 Å². The van der Waals surface area contributed by atoms with Gasteiger partial charge in [0.25, 0.3) is 0 Å². The lowest BCUT2D eigenvalue weighted by atomic mass is 10.3. The summed E-state index contributed by atoms with van der Waals surface area (Å²) < 4.78 is 4.79. The molecule has 0 aliphatic heterocycles. The molecule has 0 saturated heterocycles. The summed E-state index contributed by atoms with van der Waals surface area (Å²) in [6, 6.07) is 0. The van der Waals surface area contributed by atoms with E-state index < -0.39 is 0 Å². The summed E-state index contributed by atoms with van der Waals surface area (Å²) in [6.45, 7) is 6.76. The maximum atomic E-state index is 10.7. The molecule has 1 atom stereocenters. The minimum atomic E-state index is -0.381. The fourth-order valence-electron chi connectivity index (χ4n) is 0.315. The number of carbonyl (C=O) groups excluding carboxylic acids is 1. The highest BCUT2D eigenvalue weighted by atomic mass is 35.5. The van der Waals surface area contributed by atoms with Gasteiger partial charge in [-0.25, -0.2) is 4.79 Å². The van der Waals surface area contributed by atoms with Gasteiger partial charge in [0.2, 0.25) is 0 Å². The summed E-state index contributed by atoms with van der Waals surface area (Å²) in [5.74, 6) is -0.0629. The van der Waals surface area contributed by atoms with Crippen molar-refractivity contribution >= 4 is 17.6 Å². The van der Waals surface area contributed by atoms with Crippen LogP contribution in [0, 0.1) is 0 Å². The molecular weight excluding hydrogens is 152 g/mol. The molecule has 3 heteroatoms. The van der Waals surface area contributed by atoms with Crippen LogP contribution in [0.1, 0.15) is 13.8 Å². The molecule has 0 spiro atoms. The van der Waals surface area contributed by atoms with Crippen LogP contribution < -0.4 is 0 Å². The number of hydrogen-bond donors (Lipinski definition) is 0. The lowest BCUT2D eigenvalue weighted by Crippen LogP contribution is -2.16. The predicted octanol–water partition coefficient (Wildman–Crippen LogP) is 1.73. The van der Waals surface area contributed by atoms with Gasteiger partial charge in [-0.2, -0.15) is 0 Å². The van der Waals surface area contributed by atoms with Gasteiger partial charge >= 0.3 is 5.97 Å². The van der Waals surface area contributed by atoms with Crippen LogP contribution in [0.25, 0.3) is 0 Å². The Bertz CT molecular complexity index is 143. The second kappa shape index (κ2) is 4.34. The number of alkyl halides is 1. The molecule has 1 unspecified atom stereocenters. The van der Waals surface area contributed by atoms with Gasteiger partial charge < -0.3 is 4.74 Å². The molecule has 0 saturated carbocycles. The number of hydrogen-bond acceptors (Lipinski definition) is 2. The molecule has 0 aromatic rings. The van der Waals surface area contributed by atoms with Crippen molar-refractivity contribution in [1.29, 1.82) is 0 Å². The number of ether oxygens (including phenoxy) is 1. The summed E-state index contributed by atoms with van der Waals surface area (Å²) in [4.78, 5) is 10.7. The van der Waals surface area contributed by atoms with Crippen molar-refractivity contribution in [2.45, 2.75) is 20.0 Å². The Balaban J connectivity index is 3.68. The minimum absolute atomic E-state index is 0.231. The molecule has 0 amide bonds. The van der Waals surface area contributed by atoms with Gasteiger partial charge in [-0.05, 0) is 13.8 Å². The van der Waals surface area contributed by atoms with E-state index in [0.29, 0.717) is 11.5 Å². The lowest BCUT2D eigenvalue weighted by Gasteiger charge is -2.08.